The van der Waals surface area contributed by atoms with Crippen molar-refractivity contribution in [1.29, 1.82) is 0 Å². The molecule has 0 saturated heterocycles. The van der Waals surface area contributed by atoms with Gasteiger partial charge >= 0.3 is 0 Å². The molecule has 0 radical (unpaired) electrons. The molecule has 0 atom stereocenters. The highest BCUT2D eigenvalue weighted by Crippen LogP contribution is 2.32. The topological polar surface area (TPSA) is 66.5 Å². The first kappa shape index (κ1) is 19.8. The minimum Gasteiger partial charge on any atom is -0.308 e. The number of carbonyl (C=O) groups excluding carboxylic acids is 1. The van der Waals surface area contributed by atoms with Crippen molar-refractivity contribution in [3.8, 4) is 0 Å². The summed E-state index contributed by atoms with van der Waals surface area (Å²) in [6, 6.07) is 18.3. The summed E-state index contributed by atoms with van der Waals surface area (Å²) in [6.45, 7) is 0.504. The molecule has 0 unspecified atom stereocenters. The molecular weight excluding hydrogens is 431 g/mol. The van der Waals surface area contributed by atoms with E-state index in [-0.39, 0.29) is 16.5 Å². The number of rotatable bonds is 4. The number of anilines is 2. The van der Waals surface area contributed by atoms with Crippen molar-refractivity contribution in [3.63, 3.8) is 0 Å². The van der Waals surface area contributed by atoms with Gasteiger partial charge < -0.3 is 4.90 Å². The molecule has 5 nitrogen and oxygen atoms in total. The van der Waals surface area contributed by atoms with Crippen LogP contribution in [-0.4, -0.2) is 20.9 Å². The normalized spacial score (nSPS) is 13.2. The van der Waals surface area contributed by atoms with Crippen LogP contribution in [0.4, 0.5) is 11.4 Å². The molecule has 1 amide bonds. The van der Waals surface area contributed by atoms with Crippen molar-refractivity contribution >= 4 is 50.5 Å². The van der Waals surface area contributed by atoms with Crippen molar-refractivity contribution in [2.24, 2.45) is 0 Å². The summed E-state index contributed by atoms with van der Waals surface area (Å²) in [7, 11) is -3.83. The van der Waals surface area contributed by atoms with Gasteiger partial charge in [0.25, 0.3) is 15.9 Å². The molecule has 1 N–H and O–H groups in total. The van der Waals surface area contributed by atoms with Crippen LogP contribution in [0, 0.1) is 0 Å². The van der Waals surface area contributed by atoms with E-state index >= 15 is 0 Å². The highest BCUT2D eigenvalue weighted by Gasteiger charge is 2.27. The molecule has 8 heteroatoms. The van der Waals surface area contributed by atoms with Crippen LogP contribution in [0.5, 0.6) is 0 Å². The second kappa shape index (κ2) is 7.71. The Hall–Kier alpha value is -2.54. The van der Waals surface area contributed by atoms with Gasteiger partial charge in [0.05, 0.1) is 10.6 Å². The van der Waals surface area contributed by atoms with Crippen molar-refractivity contribution in [3.05, 3.63) is 87.9 Å². The zero-order valence-electron chi connectivity index (χ0n) is 15.1. The Morgan fingerprint density at radius 1 is 0.931 bits per heavy atom. The Kier molecular flexibility index (Phi) is 5.25. The molecule has 0 bridgehead atoms. The van der Waals surface area contributed by atoms with Crippen LogP contribution in [-0.2, 0) is 16.4 Å². The fraction of sp³-hybridized carbons (Fsp3) is 0.0952. The number of nitrogens with one attached hydrogen (secondary N) is 1. The Morgan fingerprint density at radius 2 is 1.62 bits per heavy atom. The average Bonchev–Trinajstić information content (AvgIpc) is 3.10. The molecule has 0 spiro atoms. The minimum atomic E-state index is -3.83. The maximum atomic E-state index is 12.8. The maximum absolute atomic E-state index is 12.8. The largest absolute Gasteiger partial charge is 0.308 e. The predicted molar refractivity (Wildman–Crippen MR) is 116 cm³/mol. The molecule has 3 aromatic rings. The quantitative estimate of drug-likeness (QED) is 0.613. The molecule has 0 fully saturated rings. The molecule has 0 saturated carbocycles. The molecular formula is C21H16Cl2N2O3S. The van der Waals surface area contributed by atoms with Gasteiger partial charge in [-0.05, 0) is 60.5 Å². The standard InChI is InChI=1S/C21H16Cl2N2O3S/c22-16-11-17(23)13-18(12-16)24-29(27,28)19-6-7-20-15(10-19)8-9-25(20)21(26)14-4-2-1-3-5-14/h1-7,10-13,24H,8-9H2. The van der Waals surface area contributed by atoms with Crippen LogP contribution in [0.15, 0.2) is 71.6 Å². The lowest BCUT2D eigenvalue weighted by Gasteiger charge is -2.18. The fourth-order valence-corrected chi connectivity index (χ4v) is 4.94. The van der Waals surface area contributed by atoms with Crippen LogP contribution >= 0.6 is 23.2 Å². The Bertz CT molecular complexity index is 1180. The first-order chi connectivity index (χ1) is 13.8. The van der Waals surface area contributed by atoms with Gasteiger partial charge in [0.1, 0.15) is 0 Å². The van der Waals surface area contributed by atoms with Crippen molar-refractivity contribution in [2.45, 2.75) is 11.3 Å². The molecule has 4 rings (SSSR count). The van der Waals surface area contributed by atoms with E-state index in [1.807, 2.05) is 18.2 Å². The number of amides is 1. The third-order valence-electron chi connectivity index (χ3n) is 4.64. The van der Waals surface area contributed by atoms with Gasteiger partial charge in [0.15, 0.2) is 0 Å². The summed E-state index contributed by atoms with van der Waals surface area (Å²) in [4.78, 5) is 14.6. The summed E-state index contributed by atoms with van der Waals surface area (Å²) < 4.78 is 28.1. The highest BCUT2D eigenvalue weighted by atomic mass is 35.5. The molecule has 1 aliphatic heterocycles. The second-order valence-electron chi connectivity index (χ2n) is 6.63. The summed E-state index contributed by atoms with van der Waals surface area (Å²) in [5.74, 6) is -0.105. The van der Waals surface area contributed by atoms with Gasteiger partial charge in [-0.1, -0.05) is 41.4 Å². The van der Waals surface area contributed by atoms with Crippen LogP contribution < -0.4 is 9.62 Å². The fourth-order valence-electron chi connectivity index (χ4n) is 3.32. The van der Waals surface area contributed by atoms with Gasteiger partial charge in [-0.25, -0.2) is 8.42 Å². The lowest BCUT2D eigenvalue weighted by molar-refractivity contribution is 0.0989. The molecule has 29 heavy (non-hydrogen) atoms. The van der Waals surface area contributed by atoms with E-state index in [2.05, 4.69) is 4.72 Å². The molecule has 1 aliphatic rings. The first-order valence-electron chi connectivity index (χ1n) is 8.82. The van der Waals surface area contributed by atoms with E-state index in [1.165, 1.54) is 24.3 Å². The second-order valence-corrected chi connectivity index (χ2v) is 9.18. The van der Waals surface area contributed by atoms with Crippen LogP contribution in [0.25, 0.3) is 0 Å². The number of fused-ring (bicyclic) bond motifs is 1. The minimum absolute atomic E-state index is 0.105. The van der Waals surface area contributed by atoms with E-state index in [0.717, 1.165) is 11.3 Å². The third-order valence-corrected chi connectivity index (χ3v) is 6.45. The van der Waals surface area contributed by atoms with Crippen LogP contribution in [0.2, 0.25) is 10.0 Å². The lowest BCUT2D eigenvalue weighted by atomic mass is 10.1. The Labute approximate surface area is 178 Å². The smallest absolute Gasteiger partial charge is 0.261 e. The Balaban J connectivity index is 1.61. The van der Waals surface area contributed by atoms with Gasteiger partial charge in [0, 0.05) is 27.8 Å². The van der Waals surface area contributed by atoms with Gasteiger partial charge in [-0.15, -0.1) is 0 Å². The van der Waals surface area contributed by atoms with Gasteiger partial charge in [0.2, 0.25) is 0 Å². The molecule has 1 heterocycles. The van der Waals surface area contributed by atoms with Crippen molar-refractivity contribution < 1.29 is 13.2 Å². The van der Waals surface area contributed by atoms with E-state index in [9.17, 15) is 13.2 Å². The summed E-state index contributed by atoms with van der Waals surface area (Å²) in [5.41, 5.74) is 2.41. The van der Waals surface area contributed by atoms with E-state index in [4.69, 9.17) is 23.2 Å². The molecule has 148 valence electrons. The lowest BCUT2D eigenvalue weighted by Crippen LogP contribution is -2.28. The number of carbonyl (C=O) groups is 1. The summed E-state index contributed by atoms with van der Waals surface area (Å²) in [6.07, 6.45) is 0.584. The Morgan fingerprint density at radius 3 is 2.31 bits per heavy atom. The summed E-state index contributed by atoms with van der Waals surface area (Å²) >= 11 is 11.9. The average molecular weight is 447 g/mol. The van der Waals surface area contributed by atoms with Gasteiger partial charge in [-0.2, -0.15) is 0 Å². The van der Waals surface area contributed by atoms with Crippen LogP contribution in [0.3, 0.4) is 0 Å². The molecule has 0 aliphatic carbocycles. The highest BCUT2D eigenvalue weighted by molar-refractivity contribution is 7.92. The predicted octanol–water partition coefficient (Wildman–Crippen LogP) is 5.00. The molecule has 3 aromatic carbocycles. The molecule has 0 aromatic heterocycles. The summed E-state index contributed by atoms with van der Waals surface area (Å²) in [5, 5.41) is 0.665. The van der Waals surface area contributed by atoms with Crippen molar-refractivity contribution in [1.82, 2.24) is 0 Å². The van der Waals surface area contributed by atoms with Crippen LogP contribution in [0.1, 0.15) is 15.9 Å². The van der Waals surface area contributed by atoms with E-state index < -0.39 is 10.0 Å². The van der Waals surface area contributed by atoms with Gasteiger partial charge in [-0.3, -0.25) is 9.52 Å². The van der Waals surface area contributed by atoms with Crippen molar-refractivity contribution in [2.75, 3.05) is 16.2 Å². The number of hydrogen-bond acceptors (Lipinski definition) is 3. The van der Waals surface area contributed by atoms with E-state index in [1.54, 1.807) is 29.2 Å². The number of halogens is 2. The maximum Gasteiger partial charge on any atom is 0.261 e. The van der Waals surface area contributed by atoms with E-state index in [0.29, 0.717) is 28.6 Å². The third kappa shape index (κ3) is 4.10. The number of hydrogen-bond donors (Lipinski definition) is 1. The zero-order valence-corrected chi connectivity index (χ0v) is 17.4. The zero-order chi connectivity index (χ0) is 20.6. The SMILES string of the molecule is O=C(c1ccccc1)N1CCc2cc(S(=O)(=O)Nc3cc(Cl)cc(Cl)c3)ccc21. The number of benzene rings is 3. The monoisotopic (exact) mass is 446 g/mol. The first-order valence-corrected chi connectivity index (χ1v) is 11.1. The number of sulfonamides is 1. The number of nitrogens with zero attached hydrogens (tertiary/aromatic N) is 1.